The average molecular weight is 313 g/mol. The molecular formula is C14H17ClN2O2S. The van der Waals surface area contributed by atoms with Crippen LogP contribution in [0.2, 0.25) is 5.15 Å². The Balaban J connectivity index is 2.02. The van der Waals surface area contributed by atoms with Gasteiger partial charge in [0, 0.05) is 23.1 Å². The molecule has 0 saturated heterocycles. The molecule has 0 amide bonds. The van der Waals surface area contributed by atoms with Crippen LogP contribution in [0.5, 0.6) is 0 Å². The van der Waals surface area contributed by atoms with E-state index in [1.54, 1.807) is 11.3 Å². The summed E-state index contributed by atoms with van der Waals surface area (Å²) in [6.07, 6.45) is 3.77. The van der Waals surface area contributed by atoms with E-state index in [9.17, 15) is 4.79 Å². The van der Waals surface area contributed by atoms with E-state index in [2.05, 4.69) is 27.7 Å². The number of unbranched alkanes of at least 4 members (excludes halogenated alkanes) is 1. The van der Waals surface area contributed by atoms with Crippen LogP contribution in [0.3, 0.4) is 0 Å². The first-order chi connectivity index (χ1) is 9.63. The molecule has 0 spiro atoms. The van der Waals surface area contributed by atoms with Crippen LogP contribution in [0.15, 0.2) is 6.07 Å². The summed E-state index contributed by atoms with van der Waals surface area (Å²) >= 11 is 7.86. The summed E-state index contributed by atoms with van der Waals surface area (Å²) in [6, 6.07) is 2.06. The first-order valence-corrected chi connectivity index (χ1v) is 7.85. The number of carbonyl (C=O) groups is 1. The Morgan fingerprint density at radius 2 is 2.20 bits per heavy atom. The smallest absolute Gasteiger partial charge is 0.305 e. The molecule has 2 aromatic heterocycles. The van der Waals surface area contributed by atoms with Crippen molar-refractivity contribution >= 4 is 39.1 Å². The zero-order valence-corrected chi connectivity index (χ0v) is 13.2. The summed E-state index contributed by atoms with van der Waals surface area (Å²) < 4.78 is 4.60. The maximum absolute atomic E-state index is 11.0. The van der Waals surface area contributed by atoms with Crippen LogP contribution in [0.4, 0.5) is 0 Å². The van der Waals surface area contributed by atoms with Crippen LogP contribution >= 0.6 is 22.9 Å². The Labute approximate surface area is 127 Å². The van der Waals surface area contributed by atoms with Crippen molar-refractivity contribution in [1.29, 1.82) is 0 Å². The molecule has 108 valence electrons. The molecule has 2 rings (SSSR count). The highest BCUT2D eigenvalue weighted by molar-refractivity contribution is 7.18. The van der Waals surface area contributed by atoms with Crippen molar-refractivity contribution in [2.24, 2.45) is 0 Å². The van der Waals surface area contributed by atoms with Crippen molar-refractivity contribution in [3.8, 4) is 0 Å². The minimum Gasteiger partial charge on any atom is -0.469 e. The van der Waals surface area contributed by atoms with Gasteiger partial charge in [-0.3, -0.25) is 4.79 Å². The number of fused-ring (bicyclic) bond motifs is 1. The lowest BCUT2D eigenvalue weighted by Crippen LogP contribution is -2.01. The van der Waals surface area contributed by atoms with Gasteiger partial charge in [0.25, 0.3) is 0 Å². The van der Waals surface area contributed by atoms with Gasteiger partial charge in [0.15, 0.2) is 0 Å². The first-order valence-electron chi connectivity index (χ1n) is 6.65. The number of hydrogen-bond donors (Lipinski definition) is 0. The van der Waals surface area contributed by atoms with Gasteiger partial charge in [0.2, 0.25) is 0 Å². The zero-order valence-electron chi connectivity index (χ0n) is 11.6. The van der Waals surface area contributed by atoms with E-state index in [0.717, 1.165) is 41.7 Å². The third-order valence-electron chi connectivity index (χ3n) is 3.05. The minimum absolute atomic E-state index is 0.176. The van der Waals surface area contributed by atoms with Gasteiger partial charge in [-0.25, -0.2) is 9.97 Å². The normalized spacial score (nSPS) is 10.9. The Kier molecular flexibility index (Phi) is 5.31. The molecule has 4 nitrogen and oxygen atoms in total. The second kappa shape index (κ2) is 6.99. The summed E-state index contributed by atoms with van der Waals surface area (Å²) in [5.41, 5.74) is 0. The maximum atomic E-state index is 11.0. The molecule has 0 atom stereocenters. The largest absolute Gasteiger partial charge is 0.469 e. The van der Waals surface area contributed by atoms with E-state index in [0.29, 0.717) is 11.6 Å². The topological polar surface area (TPSA) is 52.1 Å². The number of aromatic nitrogens is 2. The predicted molar refractivity (Wildman–Crippen MR) is 81.4 cm³/mol. The van der Waals surface area contributed by atoms with Gasteiger partial charge in [-0.1, -0.05) is 18.5 Å². The highest BCUT2D eigenvalue weighted by Gasteiger charge is 2.10. The monoisotopic (exact) mass is 312 g/mol. The molecule has 0 aliphatic carbocycles. The number of hydrogen-bond acceptors (Lipinski definition) is 5. The van der Waals surface area contributed by atoms with E-state index in [1.807, 2.05) is 0 Å². The SMILES string of the molecule is CCc1cc2c(Cl)nc(CCCCC(=O)OC)nc2s1. The Bertz CT molecular complexity index is 612. The molecule has 0 N–H and O–H groups in total. The lowest BCUT2D eigenvalue weighted by molar-refractivity contribution is -0.140. The second-order valence-electron chi connectivity index (χ2n) is 4.50. The van der Waals surface area contributed by atoms with Gasteiger partial charge < -0.3 is 4.74 Å². The van der Waals surface area contributed by atoms with E-state index in [-0.39, 0.29) is 5.97 Å². The number of thiophene rings is 1. The van der Waals surface area contributed by atoms with Gasteiger partial charge in [-0.05, 0) is 25.3 Å². The molecule has 0 unspecified atom stereocenters. The number of carbonyl (C=O) groups excluding carboxylic acids is 1. The Hall–Kier alpha value is -1.20. The lowest BCUT2D eigenvalue weighted by atomic mass is 10.2. The zero-order chi connectivity index (χ0) is 14.5. The summed E-state index contributed by atoms with van der Waals surface area (Å²) in [7, 11) is 1.40. The third-order valence-corrected chi connectivity index (χ3v) is 4.51. The number of aryl methyl sites for hydroxylation is 2. The molecular weight excluding hydrogens is 296 g/mol. The van der Waals surface area contributed by atoms with Crippen molar-refractivity contribution < 1.29 is 9.53 Å². The van der Waals surface area contributed by atoms with Crippen molar-refractivity contribution in [2.45, 2.75) is 39.0 Å². The van der Waals surface area contributed by atoms with Gasteiger partial charge in [0.05, 0.1) is 7.11 Å². The van der Waals surface area contributed by atoms with Crippen molar-refractivity contribution in [3.63, 3.8) is 0 Å². The van der Waals surface area contributed by atoms with E-state index in [4.69, 9.17) is 11.6 Å². The Morgan fingerprint density at radius 1 is 1.40 bits per heavy atom. The van der Waals surface area contributed by atoms with Gasteiger partial charge in [-0.15, -0.1) is 11.3 Å². The fraction of sp³-hybridized carbons (Fsp3) is 0.500. The molecule has 0 fully saturated rings. The van der Waals surface area contributed by atoms with Crippen LogP contribution in [0, 0.1) is 0 Å². The van der Waals surface area contributed by atoms with E-state index >= 15 is 0 Å². The summed E-state index contributed by atoms with van der Waals surface area (Å²) in [5.74, 6) is 0.571. The lowest BCUT2D eigenvalue weighted by Gasteiger charge is -2.01. The number of nitrogens with zero attached hydrogens (tertiary/aromatic N) is 2. The number of esters is 1. The number of methoxy groups -OCH3 is 1. The first kappa shape index (κ1) is 15.2. The number of halogens is 1. The fourth-order valence-corrected chi connectivity index (χ4v) is 3.20. The van der Waals surface area contributed by atoms with E-state index in [1.165, 1.54) is 12.0 Å². The maximum Gasteiger partial charge on any atom is 0.305 e. The molecule has 2 heterocycles. The van der Waals surface area contributed by atoms with Crippen molar-refractivity contribution in [3.05, 3.63) is 21.9 Å². The predicted octanol–water partition coefficient (Wildman–Crippen LogP) is 3.79. The van der Waals surface area contributed by atoms with Crippen LogP contribution in [0.1, 0.15) is 36.9 Å². The molecule has 0 bridgehead atoms. The third kappa shape index (κ3) is 3.67. The fourth-order valence-electron chi connectivity index (χ4n) is 1.92. The van der Waals surface area contributed by atoms with Crippen LogP contribution in [-0.4, -0.2) is 23.0 Å². The number of ether oxygens (including phenoxy) is 1. The molecule has 0 aliphatic rings. The van der Waals surface area contributed by atoms with Gasteiger partial charge in [0.1, 0.15) is 15.8 Å². The summed E-state index contributed by atoms with van der Waals surface area (Å²) in [4.78, 5) is 22.1. The standard InChI is InChI=1S/C14H17ClN2O2S/c1-3-9-8-10-13(15)16-11(17-14(10)20-9)6-4-5-7-12(18)19-2/h8H,3-7H2,1-2H3. The van der Waals surface area contributed by atoms with Crippen LogP contribution < -0.4 is 0 Å². The molecule has 0 saturated carbocycles. The molecule has 0 radical (unpaired) electrons. The Morgan fingerprint density at radius 3 is 2.90 bits per heavy atom. The second-order valence-corrected chi connectivity index (χ2v) is 5.97. The van der Waals surface area contributed by atoms with Crippen molar-refractivity contribution in [1.82, 2.24) is 9.97 Å². The number of rotatable bonds is 6. The molecule has 6 heteroatoms. The minimum atomic E-state index is -0.176. The van der Waals surface area contributed by atoms with E-state index < -0.39 is 0 Å². The highest BCUT2D eigenvalue weighted by Crippen LogP contribution is 2.29. The van der Waals surface area contributed by atoms with Gasteiger partial charge >= 0.3 is 5.97 Å². The van der Waals surface area contributed by atoms with Crippen LogP contribution in [-0.2, 0) is 22.4 Å². The summed E-state index contributed by atoms with van der Waals surface area (Å²) in [5, 5.41) is 1.46. The molecule has 0 aliphatic heterocycles. The average Bonchev–Trinajstić information content (AvgIpc) is 2.87. The van der Waals surface area contributed by atoms with Crippen molar-refractivity contribution in [2.75, 3.05) is 7.11 Å². The molecule has 0 aromatic carbocycles. The highest BCUT2D eigenvalue weighted by atomic mass is 35.5. The molecule has 20 heavy (non-hydrogen) atoms. The van der Waals surface area contributed by atoms with Gasteiger partial charge in [-0.2, -0.15) is 0 Å². The summed E-state index contributed by atoms with van der Waals surface area (Å²) in [6.45, 7) is 2.11. The van der Waals surface area contributed by atoms with Crippen LogP contribution in [0.25, 0.3) is 10.2 Å². The quantitative estimate of drug-likeness (QED) is 0.462. The molecule has 2 aromatic rings.